The number of hydrogen-bond acceptors (Lipinski definition) is 2. The molecule has 0 bridgehead atoms. The summed E-state index contributed by atoms with van der Waals surface area (Å²) in [5, 5.41) is 1.88. The first-order valence-electron chi connectivity index (χ1n) is 6.03. The number of nitrogens with zero attached hydrogens (tertiary/aromatic N) is 1. The maximum absolute atomic E-state index is 5.94. The molecule has 0 amide bonds. The lowest BCUT2D eigenvalue weighted by Gasteiger charge is -2.08. The SMILES string of the molecule is BrCc1ccc(Oc2cccc3ncccc23)cc1. The van der Waals surface area contributed by atoms with Gasteiger partial charge in [0.1, 0.15) is 11.5 Å². The zero-order chi connectivity index (χ0) is 13.1. The standard InChI is InChI=1S/C16H12BrNO/c17-11-12-6-8-13(9-7-12)19-16-5-1-4-15-14(16)3-2-10-18-15/h1-10H,11H2. The molecule has 0 aliphatic heterocycles. The van der Waals surface area contributed by atoms with E-state index >= 15 is 0 Å². The van der Waals surface area contributed by atoms with Crippen molar-refractivity contribution >= 4 is 26.8 Å². The summed E-state index contributed by atoms with van der Waals surface area (Å²) < 4.78 is 5.94. The molecule has 1 heterocycles. The average Bonchev–Trinajstić information content (AvgIpc) is 2.48. The summed E-state index contributed by atoms with van der Waals surface area (Å²) in [6.45, 7) is 0. The van der Waals surface area contributed by atoms with Gasteiger partial charge in [0, 0.05) is 16.9 Å². The Hall–Kier alpha value is -1.87. The molecule has 0 spiro atoms. The van der Waals surface area contributed by atoms with E-state index in [4.69, 9.17) is 4.74 Å². The Morgan fingerprint density at radius 3 is 2.58 bits per heavy atom. The molecular weight excluding hydrogens is 302 g/mol. The van der Waals surface area contributed by atoms with E-state index in [1.54, 1.807) is 6.20 Å². The van der Waals surface area contributed by atoms with Gasteiger partial charge in [0.15, 0.2) is 0 Å². The second kappa shape index (κ2) is 5.41. The minimum Gasteiger partial charge on any atom is -0.457 e. The van der Waals surface area contributed by atoms with E-state index in [0.717, 1.165) is 27.7 Å². The molecular formula is C16H12BrNO. The fraction of sp³-hybridized carbons (Fsp3) is 0.0625. The quantitative estimate of drug-likeness (QED) is 0.640. The predicted molar refractivity (Wildman–Crippen MR) is 80.9 cm³/mol. The molecule has 2 nitrogen and oxygen atoms in total. The molecule has 94 valence electrons. The Morgan fingerprint density at radius 1 is 0.947 bits per heavy atom. The first-order chi connectivity index (χ1) is 9.36. The summed E-state index contributed by atoms with van der Waals surface area (Å²) in [6.07, 6.45) is 1.79. The number of halogens is 1. The highest BCUT2D eigenvalue weighted by Gasteiger charge is 2.03. The maximum atomic E-state index is 5.94. The van der Waals surface area contributed by atoms with Crippen molar-refractivity contribution in [1.29, 1.82) is 0 Å². The van der Waals surface area contributed by atoms with Crippen molar-refractivity contribution in [3.8, 4) is 11.5 Å². The van der Waals surface area contributed by atoms with Crippen molar-refractivity contribution in [2.75, 3.05) is 0 Å². The molecule has 0 atom stereocenters. The van der Waals surface area contributed by atoms with Crippen LogP contribution in [0.1, 0.15) is 5.56 Å². The monoisotopic (exact) mass is 313 g/mol. The van der Waals surface area contributed by atoms with Gasteiger partial charge in [0.2, 0.25) is 0 Å². The highest BCUT2D eigenvalue weighted by molar-refractivity contribution is 9.08. The number of ether oxygens (including phenoxy) is 1. The highest BCUT2D eigenvalue weighted by atomic mass is 79.9. The Bertz CT molecular complexity index is 689. The molecule has 3 aromatic rings. The third-order valence-electron chi connectivity index (χ3n) is 2.91. The van der Waals surface area contributed by atoms with E-state index in [1.165, 1.54) is 5.56 Å². The van der Waals surface area contributed by atoms with Crippen molar-refractivity contribution in [2.24, 2.45) is 0 Å². The number of rotatable bonds is 3. The van der Waals surface area contributed by atoms with E-state index in [-0.39, 0.29) is 0 Å². The van der Waals surface area contributed by atoms with Gasteiger partial charge in [-0.3, -0.25) is 4.98 Å². The van der Waals surface area contributed by atoms with Crippen molar-refractivity contribution in [3.63, 3.8) is 0 Å². The molecule has 0 saturated heterocycles. The largest absolute Gasteiger partial charge is 0.457 e. The minimum atomic E-state index is 0.831. The van der Waals surface area contributed by atoms with E-state index in [0.29, 0.717) is 0 Å². The van der Waals surface area contributed by atoms with Crippen LogP contribution in [0.15, 0.2) is 60.8 Å². The fourth-order valence-electron chi connectivity index (χ4n) is 1.94. The van der Waals surface area contributed by atoms with Crippen LogP contribution in [-0.2, 0) is 5.33 Å². The molecule has 1 aromatic heterocycles. The summed E-state index contributed by atoms with van der Waals surface area (Å²) in [7, 11) is 0. The minimum absolute atomic E-state index is 0.831. The summed E-state index contributed by atoms with van der Waals surface area (Å²) in [5.74, 6) is 1.67. The van der Waals surface area contributed by atoms with Gasteiger partial charge in [-0.1, -0.05) is 34.1 Å². The van der Waals surface area contributed by atoms with Gasteiger partial charge in [-0.15, -0.1) is 0 Å². The second-order valence-corrected chi connectivity index (χ2v) is 4.77. The number of aromatic nitrogens is 1. The number of pyridine rings is 1. The number of fused-ring (bicyclic) bond motifs is 1. The predicted octanol–water partition coefficient (Wildman–Crippen LogP) is 4.92. The normalized spacial score (nSPS) is 10.6. The van der Waals surface area contributed by atoms with E-state index in [1.807, 2.05) is 54.6 Å². The van der Waals surface area contributed by atoms with Gasteiger partial charge in [-0.05, 0) is 42.0 Å². The van der Waals surface area contributed by atoms with Crippen molar-refractivity contribution < 1.29 is 4.74 Å². The van der Waals surface area contributed by atoms with Gasteiger partial charge in [0.25, 0.3) is 0 Å². The lowest BCUT2D eigenvalue weighted by Crippen LogP contribution is -1.87. The summed E-state index contributed by atoms with van der Waals surface area (Å²) in [4.78, 5) is 4.32. The Kier molecular flexibility index (Phi) is 3.47. The van der Waals surface area contributed by atoms with Gasteiger partial charge >= 0.3 is 0 Å². The molecule has 0 N–H and O–H groups in total. The van der Waals surface area contributed by atoms with Crippen LogP contribution < -0.4 is 4.74 Å². The van der Waals surface area contributed by atoms with Gasteiger partial charge < -0.3 is 4.74 Å². The number of alkyl halides is 1. The van der Waals surface area contributed by atoms with E-state index < -0.39 is 0 Å². The molecule has 3 rings (SSSR count). The Balaban J connectivity index is 1.96. The zero-order valence-electron chi connectivity index (χ0n) is 10.2. The molecule has 3 heteroatoms. The summed E-state index contributed by atoms with van der Waals surface area (Å²) in [5.41, 5.74) is 2.17. The van der Waals surface area contributed by atoms with Crippen LogP contribution in [0, 0.1) is 0 Å². The molecule has 0 unspecified atom stereocenters. The third kappa shape index (κ3) is 2.61. The van der Waals surface area contributed by atoms with Gasteiger partial charge in [-0.25, -0.2) is 0 Å². The topological polar surface area (TPSA) is 22.1 Å². The zero-order valence-corrected chi connectivity index (χ0v) is 11.8. The van der Waals surface area contributed by atoms with Crippen molar-refractivity contribution in [1.82, 2.24) is 4.98 Å². The first-order valence-corrected chi connectivity index (χ1v) is 7.15. The van der Waals surface area contributed by atoms with Crippen LogP contribution in [-0.4, -0.2) is 4.98 Å². The molecule has 0 saturated carbocycles. The molecule has 19 heavy (non-hydrogen) atoms. The Labute approximate surface area is 120 Å². The smallest absolute Gasteiger partial charge is 0.136 e. The van der Waals surface area contributed by atoms with Crippen LogP contribution in [0.25, 0.3) is 10.9 Å². The highest BCUT2D eigenvalue weighted by Crippen LogP contribution is 2.28. The lowest BCUT2D eigenvalue weighted by molar-refractivity contribution is 0.488. The van der Waals surface area contributed by atoms with Crippen LogP contribution in [0.4, 0.5) is 0 Å². The Morgan fingerprint density at radius 2 is 1.79 bits per heavy atom. The van der Waals surface area contributed by atoms with Crippen LogP contribution in [0.3, 0.4) is 0 Å². The summed E-state index contributed by atoms with van der Waals surface area (Å²) in [6, 6.07) is 17.9. The number of benzene rings is 2. The molecule has 0 aliphatic rings. The van der Waals surface area contributed by atoms with E-state index in [9.17, 15) is 0 Å². The van der Waals surface area contributed by atoms with Crippen LogP contribution in [0.2, 0.25) is 0 Å². The maximum Gasteiger partial charge on any atom is 0.136 e. The second-order valence-electron chi connectivity index (χ2n) is 4.21. The fourth-order valence-corrected chi connectivity index (χ4v) is 2.31. The van der Waals surface area contributed by atoms with Gasteiger partial charge in [-0.2, -0.15) is 0 Å². The van der Waals surface area contributed by atoms with Crippen molar-refractivity contribution in [3.05, 3.63) is 66.4 Å². The number of hydrogen-bond donors (Lipinski definition) is 0. The average molecular weight is 314 g/mol. The molecule has 0 fully saturated rings. The van der Waals surface area contributed by atoms with Crippen molar-refractivity contribution in [2.45, 2.75) is 5.33 Å². The van der Waals surface area contributed by atoms with E-state index in [2.05, 4.69) is 20.9 Å². The third-order valence-corrected chi connectivity index (χ3v) is 3.56. The first kappa shape index (κ1) is 12.2. The van der Waals surface area contributed by atoms with Gasteiger partial charge in [0.05, 0.1) is 5.52 Å². The molecule has 2 aromatic carbocycles. The van der Waals surface area contributed by atoms with Crippen LogP contribution in [0.5, 0.6) is 11.5 Å². The summed E-state index contributed by atoms with van der Waals surface area (Å²) >= 11 is 3.43. The van der Waals surface area contributed by atoms with Crippen LogP contribution >= 0.6 is 15.9 Å². The lowest BCUT2D eigenvalue weighted by atomic mass is 10.2. The molecule has 0 aliphatic carbocycles. The molecule has 0 radical (unpaired) electrons.